The highest BCUT2D eigenvalue weighted by Gasteiger charge is 2.15. The van der Waals surface area contributed by atoms with Gasteiger partial charge in [0.1, 0.15) is 10.8 Å². The number of benzene rings is 1. The standard InChI is InChI=1S/C15H19FN6O2S/c1-7(2)12(23)20-11-6-9(4-5-10(11)16)19-15(24)18-8(3)13-21-22-14(17)25-13/h4-8H,1-3H3,(H2,17,22)(H,20,23)(H2,18,19,24)/t8-/m0/s1. The van der Waals surface area contributed by atoms with Gasteiger partial charge in [-0.1, -0.05) is 25.2 Å². The Labute approximate surface area is 148 Å². The van der Waals surface area contributed by atoms with Crippen LogP contribution in [0.4, 0.5) is 25.7 Å². The van der Waals surface area contributed by atoms with Gasteiger partial charge in [0, 0.05) is 11.6 Å². The number of rotatable bonds is 5. The third kappa shape index (κ3) is 5.11. The molecule has 0 unspecified atom stereocenters. The maximum absolute atomic E-state index is 13.8. The summed E-state index contributed by atoms with van der Waals surface area (Å²) in [7, 11) is 0. The molecule has 5 N–H and O–H groups in total. The van der Waals surface area contributed by atoms with E-state index in [4.69, 9.17) is 5.73 Å². The van der Waals surface area contributed by atoms with Crippen LogP contribution >= 0.6 is 11.3 Å². The van der Waals surface area contributed by atoms with Crippen molar-refractivity contribution < 1.29 is 14.0 Å². The second-order valence-corrected chi connectivity index (χ2v) is 6.68. The number of nitrogen functional groups attached to an aromatic ring is 1. The Balaban J connectivity index is 2.01. The lowest BCUT2D eigenvalue weighted by Crippen LogP contribution is -2.31. The molecule has 2 rings (SSSR count). The number of amides is 3. The number of hydrogen-bond donors (Lipinski definition) is 4. The fraction of sp³-hybridized carbons (Fsp3) is 0.333. The van der Waals surface area contributed by atoms with Crippen molar-refractivity contribution in [2.24, 2.45) is 5.92 Å². The Morgan fingerprint density at radius 2 is 1.92 bits per heavy atom. The fourth-order valence-corrected chi connectivity index (χ4v) is 2.44. The monoisotopic (exact) mass is 366 g/mol. The number of nitrogens with zero attached hydrogens (tertiary/aromatic N) is 2. The van der Waals surface area contributed by atoms with E-state index in [1.807, 2.05) is 0 Å². The first kappa shape index (κ1) is 18.6. The van der Waals surface area contributed by atoms with Crippen LogP contribution in [0.2, 0.25) is 0 Å². The van der Waals surface area contributed by atoms with Gasteiger partial charge in [-0.25, -0.2) is 9.18 Å². The van der Waals surface area contributed by atoms with Crippen LogP contribution in [-0.4, -0.2) is 22.1 Å². The number of halogens is 1. The van der Waals surface area contributed by atoms with Crippen LogP contribution in [-0.2, 0) is 4.79 Å². The fourth-order valence-electron chi connectivity index (χ4n) is 1.82. The van der Waals surface area contributed by atoms with Crippen molar-refractivity contribution in [1.82, 2.24) is 15.5 Å². The number of carbonyl (C=O) groups is 2. The maximum Gasteiger partial charge on any atom is 0.319 e. The lowest BCUT2D eigenvalue weighted by atomic mass is 10.2. The van der Waals surface area contributed by atoms with E-state index >= 15 is 0 Å². The number of aromatic nitrogens is 2. The number of urea groups is 1. The van der Waals surface area contributed by atoms with Crippen LogP contribution in [0, 0.1) is 11.7 Å². The predicted octanol–water partition coefficient (Wildman–Crippen LogP) is 2.74. The highest BCUT2D eigenvalue weighted by molar-refractivity contribution is 7.15. The second kappa shape index (κ2) is 7.88. The molecule has 1 heterocycles. The number of hydrogen-bond acceptors (Lipinski definition) is 6. The number of anilines is 3. The maximum atomic E-state index is 13.8. The Morgan fingerprint density at radius 1 is 1.20 bits per heavy atom. The quantitative estimate of drug-likeness (QED) is 0.648. The zero-order chi connectivity index (χ0) is 18.6. The van der Waals surface area contributed by atoms with Crippen molar-refractivity contribution in [2.45, 2.75) is 26.8 Å². The summed E-state index contributed by atoms with van der Waals surface area (Å²) in [4.78, 5) is 23.8. The molecule has 0 bridgehead atoms. The van der Waals surface area contributed by atoms with E-state index in [0.29, 0.717) is 15.8 Å². The summed E-state index contributed by atoms with van der Waals surface area (Å²) in [6, 6.07) is 3.01. The van der Waals surface area contributed by atoms with Gasteiger partial charge < -0.3 is 21.7 Å². The SMILES string of the molecule is CC(C)C(=O)Nc1cc(NC(=O)N[C@@H](C)c2nnc(N)s2)ccc1F. The summed E-state index contributed by atoms with van der Waals surface area (Å²) in [5.74, 6) is -1.19. The molecular weight excluding hydrogens is 347 g/mol. The van der Waals surface area contributed by atoms with E-state index in [0.717, 1.165) is 0 Å². The van der Waals surface area contributed by atoms with Gasteiger partial charge in [0.2, 0.25) is 11.0 Å². The average Bonchev–Trinajstić information content (AvgIpc) is 2.97. The molecular formula is C15H19FN6O2S. The van der Waals surface area contributed by atoms with Gasteiger partial charge in [0.15, 0.2) is 0 Å². The number of nitrogens with two attached hydrogens (primary N) is 1. The Kier molecular flexibility index (Phi) is 5.86. The summed E-state index contributed by atoms with van der Waals surface area (Å²) >= 11 is 1.17. The summed E-state index contributed by atoms with van der Waals surface area (Å²) in [6.45, 7) is 5.13. The van der Waals surface area contributed by atoms with E-state index in [1.165, 1.54) is 29.5 Å². The molecule has 1 aromatic carbocycles. The van der Waals surface area contributed by atoms with Gasteiger partial charge in [0.25, 0.3) is 0 Å². The van der Waals surface area contributed by atoms with Crippen molar-refractivity contribution in [3.8, 4) is 0 Å². The molecule has 2 aromatic rings. The van der Waals surface area contributed by atoms with Crippen molar-refractivity contribution in [3.05, 3.63) is 29.0 Å². The average molecular weight is 366 g/mol. The van der Waals surface area contributed by atoms with E-state index < -0.39 is 17.9 Å². The minimum absolute atomic E-state index is 0.00134. The van der Waals surface area contributed by atoms with Crippen molar-refractivity contribution in [1.29, 1.82) is 0 Å². The minimum Gasteiger partial charge on any atom is -0.374 e. The van der Waals surface area contributed by atoms with Crippen LogP contribution in [0.3, 0.4) is 0 Å². The van der Waals surface area contributed by atoms with Gasteiger partial charge in [-0.15, -0.1) is 10.2 Å². The largest absolute Gasteiger partial charge is 0.374 e. The highest BCUT2D eigenvalue weighted by atomic mass is 32.1. The summed E-state index contributed by atoms with van der Waals surface area (Å²) in [6.07, 6.45) is 0. The first-order valence-electron chi connectivity index (χ1n) is 7.53. The van der Waals surface area contributed by atoms with Gasteiger partial charge in [-0.2, -0.15) is 0 Å². The molecule has 0 radical (unpaired) electrons. The number of nitrogens with one attached hydrogen (secondary N) is 3. The Hall–Kier alpha value is -2.75. The molecule has 1 atom stereocenters. The molecule has 1 aromatic heterocycles. The molecule has 10 heteroatoms. The molecule has 0 saturated carbocycles. The zero-order valence-electron chi connectivity index (χ0n) is 14.0. The third-order valence-electron chi connectivity index (χ3n) is 3.18. The molecule has 0 aliphatic rings. The van der Waals surface area contributed by atoms with E-state index in [1.54, 1.807) is 20.8 Å². The highest BCUT2D eigenvalue weighted by Crippen LogP contribution is 2.21. The zero-order valence-corrected chi connectivity index (χ0v) is 14.8. The summed E-state index contributed by atoms with van der Waals surface area (Å²) < 4.78 is 13.8. The van der Waals surface area contributed by atoms with E-state index in [2.05, 4.69) is 26.1 Å². The van der Waals surface area contributed by atoms with Crippen molar-refractivity contribution in [3.63, 3.8) is 0 Å². The molecule has 0 spiro atoms. The lowest BCUT2D eigenvalue weighted by Gasteiger charge is -2.14. The Morgan fingerprint density at radius 3 is 2.52 bits per heavy atom. The van der Waals surface area contributed by atoms with Crippen LogP contribution in [0.1, 0.15) is 31.8 Å². The van der Waals surface area contributed by atoms with Gasteiger partial charge in [-0.05, 0) is 25.1 Å². The topological polar surface area (TPSA) is 122 Å². The van der Waals surface area contributed by atoms with Gasteiger partial charge in [0.05, 0.1) is 11.7 Å². The summed E-state index contributed by atoms with van der Waals surface area (Å²) in [5, 5.41) is 16.1. The van der Waals surface area contributed by atoms with Crippen molar-refractivity contribution >= 4 is 39.8 Å². The Bertz CT molecular complexity index is 779. The lowest BCUT2D eigenvalue weighted by molar-refractivity contribution is -0.118. The molecule has 0 fully saturated rings. The number of carbonyl (C=O) groups excluding carboxylic acids is 2. The first-order chi connectivity index (χ1) is 11.8. The predicted molar refractivity (Wildman–Crippen MR) is 94.8 cm³/mol. The van der Waals surface area contributed by atoms with Crippen LogP contribution in [0.15, 0.2) is 18.2 Å². The van der Waals surface area contributed by atoms with Gasteiger partial charge in [-0.3, -0.25) is 4.79 Å². The first-order valence-corrected chi connectivity index (χ1v) is 8.34. The second-order valence-electron chi connectivity index (χ2n) is 5.64. The van der Waals surface area contributed by atoms with E-state index in [9.17, 15) is 14.0 Å². The normalized spacial score (nSPS) is 11.9. The van der Waals surface area contributed by atoms with Crippen molar-refractivity contribution in [2.75, 3.05) is 16.4 Å². The molecule has 0 aliphatic heterocycles. The third-order valence-corrected chi connectivity index (χ3v) is 4.12. The smallest absolute Gasteiger partial charge is 0.319 e. The summed E-state index contributed by atoms with van der Waals surface area (Å²) in [5.41, 5.74) is 5.85. The molecule has 134 valence electrons. The molecule has 3 amide bonds. The van der Waals surface area contributed by atoms with Crippen LogP contribution in [0.25, 0.3) is 0 Å². The van der Waals surface area contributed by atoms with Crippen LogP contribution < -0.4 is 21.7 Å². The van der Waals surface area contributed by atoms with E-state index in [-0.39, 0.29) is 17.5 Å². The van der Waals surface area contributed by atoms with Crippen LogP contribution in [0.5, 0.6) is 0 Å². The molecule has 8 nitrogen and oxygen atoms in total. The molecule has 0 saturated heterocycles. The molecule has 0 aliphatic carbocycles. The van der Waals surface area contributed by atoms with Gasteiger partial charge >= 0.3 is 6.03 Å². The minimum atomic E-state index is -0.585. The molecule has 25 heavy (non-hydrogen) atoms.